The van der Waals surface area contributed by atoms with Gasteiger partial charge in [-0.1, -0.05) is 65.7 Å². The molecule has 0 aromatic heterocycles. The molecule has 0 aliphatic carbocycles. The van der Waals surface area contributed by atoms with Gasteiger partial charge in [-0.2, -0.15) is 0 Å². The van der Waals surface area contributed by atoms with E-state index in [-0.39, 0.29) is 18.4 Å². The van der Waals surface area contributed by atoms with Gasteiger partial charge in [0.05, 0.1) is 17.2 Å². The molecule has 0 bridgehead atoms. The summed E-state index contributed by atoms with van der Waals surface area (Å²) < 4.78 is 11.4. The van der Waals surface area contributed by atoms with Crippen molar-refractivity contribution < 1.29 is 9.47 Å². The van der Waals surface area contributed by atoms with E-state index in [0.29, 0.717) is 28.2 Å². The first-order valence-corrected chi connectivity index (χ1v) is 9.84. The van der Waals surface area contributed by atoms with E-state index >= 15 is 0 Å². The fourth-order valence-electron chi connectivity index (χ4n) is 2.86. The van der Waals surface area contributed by atoms with Crippen molar-refractivity contribution >= 4 is 35.6 Å². The third-order valence-corrected chi connectivity index (χ3v) is 5.26. The molecule has 29 heavy (non-hydrogen) atoms. The van der Waals surface area contributed by atoms with E-state index in [1.54, 1.807) is 19.2 Å². The molecular formula is C23H24Cl3NO2. The van der Waals surface area contributed by atoms with E-state index in [0.717, 1.165) is 17.7 Å². The monoisotopic (exact) mass is 451 g/mol. The third kappa shape index (κ3) is 6.55. The zero-order valence-electron chi connectivity index (χ0n) is 16.3. The molecule has 1 unspecified atom stereocenters. The van der Waals surface area contributed by atoms with E-state index < -0.39 is 0 Å². The smallest absolute Gasteiger partial charge is 0.161 e. The molecule has 154 valence electrons. The van der Waals surface area contributed by atoms with Gasteiger partial charge in [-0.25, -0.2) is 0 Å². The number of methoxy groups -OCH3 is 1. The zero-order valence-corrected chi connectivity index (χ0v) is 18.7. The predicted molar refractivity (Wildman–Crippen MR) is 123 cm³/mol. The van der Waals surface area contributed by atoms with Crippen LogP contribution in [-0.2, 0) is 13.2 Å². The van der Waals surface area contributed by atoms with Gasteiger partial charge < -0.3 is 14.8 Å². The molecule has 3 nitrogen and oxygen atoms in total. The Bertz CT molecular complexity index is 919. The molecule has 1 atom stereocenters. The summed E-state index contributed by atoms with van der Waals surface area (Å²) in [5.41, 5.74) is 3.33. The van der Waals surface area contributed by atoms with Crippen LogP contribution in [0.5, 0.6) is 11.5 Å². The summed E-state index contributed by atoms with van der Waals surface area (Å²) in [7, 11) is 1.64. The fraction of sp³-hybridized carbons (Fsp3) is 0.217. The zero-order chi connectivity index (χ0) is 19.9. The number of rotatable bonds is 8. The molecule has 3 aromatic carbocycles. The van der Waals surface area contributed by atoms with Crippen LogP contribution in [0.15, 0.2) is 66.7 Å². The normalized spacial score (nSPS) is 11.4. The van der Waals surface area contributed by atoms with Crippen LogP contribution in [0.25, 0.3) is 0 Å². The van der Waals surface area contributed by atoms with Crippen LogP contribution < -0.4 is 14.8 Å². The van der Waals surface area contributed by atoms with Gasteiger partial charge in [0, 0.05) is 12.6 Å². The van der Waals surface area contributed by atoms with Gasteiger partial charge in [0.15, 0.2) is 11.5 Å². The van der Waals surface area contributed by atoms with Crippen LogP contribution in [0.1, 0.15) is 29.7 Å². The second kappa shape index (κ2) is 11.3. The summed E-state index contributed by atoms with van der Waals surface area (Å²) in [5, 5.41) is 4.58. The molecular weight excluding hydrogens is 429 g/mol. The van der Waals surface area contributed by atoms with Crippen LogP contribution in [0, 0.1) is 0 Å². The number of hydrogen-bond donors (Lipinski definition) is 1. The van der Waals surface area contributed by atoms with Gasteiger partial charge in [-0.05, 0) is 47.9 Å². The SMILES string of the molecule is COc1cc(CNC(C)c2ccccc2)ccc1OCc1ccc(Cl)c(Cl)c1.Cl. The molecule has 0 heterocycles. The van der Waals surface area contributed by atoms with E-state index in [1.807, 2.05) is 30.3 Å². The average Bonchev–Trinajstić information content (AvgIpc) is 2.73. The predicted octanol–water partition coefficient (Wildman–Crippen LogP) is 6.85. The molecule has 0 saturated heterocycles. The topological polar surface area (TPSA) is 30.5 Å². The molecule has 0 spiro atoms. The Hall–Kier alpha value is -1.91. The largest absolute Gasteiger partial charge is 0.493 e. The molecule has 0 aliphatic rings. The van der Waals surface area contributed by atoms with E-state index in [2.05, 4.69) is 36.5 Å². The van der Waals surface area contributed by atoms with Crippen LogP contribution in [0.4, 0.5) is 0 Å². The van der Waals surface area contributed by atoms with Crippen molar-refractivity contribution in [2.75, 3.05) is 7.11 Å². The summed E-state index contributed by atoms with van der Waals surface area (Å²) in [4.78, 5) is 0. The average molecular weight is 453 g/mol. The fourth-order valence-corrected chi connectivity index (χ4v) is 3.18. The maximum Gasteiger partial charge on any atom is 0.161 e. The molecule has 0 fully saturated rings. The van der Waals surface area contributed by atoms with Gasteiger partial charge in [-0.3, -0.25) is 0 Å². The highest BCUT2D eigenvalue weighted by Crippen LogP contribution is 2.30. The first kappa shape index (κ1) is 23.4. The van der Waals surface area contributed by atoms with Crippen LogP contribution in [0.2, 0.25) is 10.0 Å². The van der Waals surface area contributed by atoms with Crippen molar-refractivity contribution in [3.8, 4) is 11.5 Å². The molecule has 0 saturated carbocycles. The Morgan fingerprint density at radius 1 is 0.862 bits per heavy atom. The van der Waals surface area contributed by atoms with Gasteiger partial charge >= 0.3 is 0 Å². The summed E-state index contributed by atoms with van der Waals surface area (Å²) >= 11 is 12.0. The Morgan fingerprint density at radius 3 is 2.28 bits per heavy atom. The van der Waals surface area contributed by atoms with Crippen LogP contribution in [-0.4, -0.2) is 7.11 Å². The summed E-state index contributed by atoms with van der Waals surface area (Å²) in [6.07, 6.45) is 0. The third-order valence-electron chi connectivity index (χ3n) is 4.52. The second-order valence-corrected chi connectivity index (χ2v) is 7.35. The Labute approximate surface area is 188 Å². The van der Waals surface area contributed by atoms with Gasteiger partial charge in [0.1, 0.15) is 6.61 Å². The first-order chi connectivity index (χ1) is 13.6. The molecule has 0 aliphatic heterocycles. The summed E-state index contributed by atoms with van der Waals surface area (Å²) in [5.74, 6) is 1.39. The first-order valence-electron chi connectivity index (χ1n) is 9.09. The highest BCUT2D eigenvalue weighted by atomic mass is 35.5. The quantitative estimate of drug-likeness (QED) is 0.405. The summed E-state index contributed by atoms with van der Waals surface area (Å²) in [6.45, 7) is 3.27. The molecule has 0 amide bonds. The lowest BCUT2D eigenvalue weighted by atomic mass is 10.1. The minimum atomic E-state index is 0. The molecule has 1 N–H and O–H groups in total. The highest BCUT2D eigenvalue weighted by molar-refractivity contribution is 6.42. The van der Waals surface area contributed by atoms with Gasteiger partial charge in [0.2, 0.25) is 0 Å². The number of benzene rings is 3. The van der Waals surface area contributed by atoms with Crippen LogP contribution >= 0.6 is 35.6 Å². The second-order valence-electron chi connectivity index (χ2n) is 6.54. The van der Waals surface area contributed by atoms with Crippen molar-refractivity contribution in [2.45, 2.75) is 26.1 Å². The number of nitrogens with one attached hydrogen (secondary N) is 1. The Morgan fingerprint density at radius 2 is 1.59 bits per heavy atom. The van der Waals surface area contributed by atoms with E-state index in [4.69, 9.17) is 32.7 Å². The Balaban J connectivity index is 0.00000300. The van der Waals surface area contributed by atoms with E-state index in [9.17, 15) is 0 Å². The van der Waals surface area contributed by atoms with Crippen molar-refractivity contribution in [2.24, 2.45) is 0 Å². The van der Waals surface area contributed by atoms with Crippen molar-refractivity contribution in [1.82, 2.24) is 5.32 Å². The maximum atomic E-state index is 6.06. The molecule has 3 aromatic rings. The Kier molecular flexibility index (Phi) is 9.12. The van der Waals surface area contributed by atoms with Crippen molar-refractivity contribution in [3.05, 3.63) is 93.5 Å². The number of halogens is 3. The van der Waals surface area contributed by atoms with Crippen LogP contribution in [0.3, 0.4) is 0 Å². The minimum Gasteiger partial charge on any atom is -0.493 e. The molecule has 3 rings (SSSR count). The maximum absolute atomic E-state index is 6.06. The lowest BCUT2D eigenvalue weighted by Crippen LogP contribution is -2.18. The highest BCUT2D eigenvalue weighted by Gasteiger charge is 2.09. The van der Waals surface area contributed by atoms with Crippen molar-refractivity contribution in [1.29, 1.82) is 0 Å². The number of hydrogen-bond acceptors (Lipinski definition) is 3. The number of ether oxygens (including phenoxy) is 2. The standard InChI is InChI=1S/C23H23Cl2NO2.ClH/c1-16(19-6-4-3-5-7-19)26-14-17-9-11-22(23(13-17)27-2)28-15-18-8-10-20(24)21(25)12-18;/h3-13,16,26H,14-15H2,1-2H3;1H. The van der Waals surface area contributed by atoms with Crippen molar-refractivity contribution in [3.63, 3.8) is 0 Å². The van der Waals surface area contributed by atoms with E-state index in [1.165, 1.54) is 5.56 Å². The van der Waals surface area contributed by atoms with Gasteiger partial charge in [0.25, 0.3) is 0 Å². The minimum absolute atomic E-state index is 0. The summed E-state index contributed by atoms with van der Waals surface area (Å²) in [6, 6.07) is 22.1. The molecule has 0 radical (unpaired) electrons. The molecule has 6 heteroatoms. The lowest BCUT2D eigenvalue weighted by Gasteiger charge is -2.16. The lowest BCUT2D eigenvalue weighted by molar-refractivity contribution is 0.284. The van der Waals surface area contributed by atoms with Gasteiger partial charge in [-0.15, -0.1) is 12.4 Å².